The number of rotatable bonds is 6. The van der Waals surface area contributed by atoms with E-state index in [1.54, 1.807) is 30.3 Å². The zero-order chi connectivity index (χ0) is 20.1. The van der Waals surface area contributed by atoms with Crippen LogP contribution >= 0.6 is 15.9 Å². The maximum Gasteiger partial charge on any atom is 0.343 e. The van der Waals surface area contributed by atoms with Crippen LogP contribution < -0.4 is 14.8 Å². The number of hydrogen-bond donors (Lipinski definition) is 1. The number of hydrogen-bond acceptors (Lipinski definition) is 5. The molecular weight excluding hydrogens is 426 g/mol. The maximum absolute atomic E-state index is 13.0. The molecule has 0 aliphatic heterocycles. The fourth-order valence-electron chi connectivity index (χ4n) is 2.68. The highest BCUT2D eigenvalue weighted by atomic mass is 79.9. The Labute approximate surface area is 170 Å². The smallest absolute Gasteiger partial charge is 0.343 e. The summed E-state index contributed by atoms with van der Waals surface area (Å²) in [4.78, 5) is 24.4. The molecule has 0 spiro atoms. The molecule has 0 aliphatic rings. The van der Waals surface area contributed by atoms with Crippen molar-refractivity contribution in [2.45, 2.75) is 0 Å². The van der Waals surface area contributed by atoms with Gasteiger partial charge in [-0.1, -0.05) is 34.1 Å². The van der Waals surface area contributed by atoms with E-state index in [1.807, 2.05) is 24.3 Å². The highest BCUT2D eigenvalue weighted by Gasteiger charge is 2.17. The summed E-state index contributed by atoms with van der Waals surface area (Å²) >= 11 is 3.43. The van der Waals surface area contributed by atoms with E-state index in [0.717, 1.165) is 15.2 Å². The molecule has 0 heterocycles. The van der Waals surface area contributed by atoms with Crippen molar-refractivity contribution < 1.29 is 23.8 Å². The Morgan fingerprint density at radius 1 is 0.964 bits per heavy atom. The Morgan fingerprint density at radius 2 is 1.75 bits per heavy atom. The van der Waals surface area contributed by atoms with Crippen molar-refractivity contribution in [2.24, 2.45) is 0 Å². The van der Waals surface area contributed by atoms with Gasteiger partial charge in [0.25, 0.3) is 5.91 Å². The van der Waals surface area contributed by atoms with E-state index in [-0.39, 0.29) is 18.3 Å². The van der Waals surface area contributed by atoms with E-state index >= 15 is 0 Å². The summed E-state index contributed by atoms with van der Waals surface area (Å²) in [6, 6.07) is 16.2. The van der Waals surface area contributed by atoms with Crippen LogP contribution in [0.1, 0.15) is 10.4 Å². The summed E-state index contributed by atoms with van der Waals surface area (Å²) in [5, 5.41) is 4.55. The van der Waals surface area contributed by atoms with Gasteiger partial charge in [-0.25, -0.2) is 4.79 Å². The van der Waals surface area contributed by atoms with Crippen LogP contribution in [0.25, 0.3) is 10.8 Å². The van der Waals surface area contributed by atoms with Crippen molar-refractivity contribution in [2.75, 3.05) is 26.1 Å². The van der Waals surface area contributed by atoms with E-state index in [2.05, 4.69) is 26.0 Å². The zero-order valence-electron chi connectivity index (χ0n) is 15.3. The van der Waals surface area contributed by atoms with Gasteiger partial charge in [-0.15, -0.1) is 0 Å². The van der Waals surface area contributed by atoms with Gasteiger partial charge in [0, 0.05) is 4.47 Å². The first kappa shape index (κ1) is 19.7. The molecule has 0 unspecified atom stereocenters. The van der Waals surface area contributed by atoms with Crippen molar-refractivity contribution in [3.05, 3.63) is 64.6 Å². The molecule has 0 saturated carbocycles. The Hall–Kier alpha value is -3.06. The number of amides is 1. The monoisotopic (exact) mass is 443 g/mol. The standard InChI is InChI=1S/C21H18BrNO5/c1-26-18-6-4-3-5-17(18)23-21(25)16-10-14-9-15(22)8-7-13(14)11-19(16)28-12-20(24)27-2/h3-11H,12H2,1-2H3,(H,23,25). The normalized spacial score (nSPS) is 10.4. The lowest BCUT2D eigenvalue weighted by Gasteiger charge is -2.14. The topological polar surface area (TPSA) is 73.9 Å². The number of nitrogens with one attached hydrogen (secondary N) is 1. The first-order chi connectivity index (χ1) is 13.5. The van der Waals surface area contributed by atoms with Crippen molar-refractivity contribution >= 4 is 44.3 Å². The number of anilines is 1. The SMILES string of the molecule is COC(=O)COc1cc2ccc(Br)cc2cc1C(=O)Nc1ccccc1OC. The third-order valence-electron chi connectivity index (χ3n) is 4.07. The molecule has 3 aromatic rings. The summed E-state index contributed by atoms with van der Waals surface area (Å²) in [6.45, 7) is -0.298. The van der Waals surface area contributed by atoms with Crippen LogP contribution in [0.3, 0.4) is 0 Å². The second kappa shape index (κ2) is 8.75. The van der Waals surface area contributed by atoms with Crippen LogP contribution in [0.5, 0.6) is 11.5 Å². The molecule has 3 aromatic carbocycles. The minimum atomic E-state index is -0.535. The summed E-state index contributed by atoms with van der Waals surface area (Å²) in [5.74, 6) is -0.0951. The highest BCUT2D eigenvalue weighted by molar-refractivity contribution is 9.10. The zero-order valence-corrected chi connectivity index (χ0v) is 16.9. The molecule has 0 bridgehead atoms. The quantitative estimate of drug-likeness (QED) is 0.570. The lowest BCUT2D eigenvalue weighted by Crippen LogP contribution is -2.17. The van der Waals surface area contributed by atoms with Gasteiger partial charge in [-0.2, -0.15) is 0 Å². The van der Waals surface area contributed by atoms with Gasteiger partial charge in [-0.3, -0.25) is 4.79 Å². The molecule has 144 valence electrons. The number of methoxy groups -OCH3 is 2. The molecule has 1 N–H and O–H groups in total. The molecule has 6 nitrogen and oxygen atoms in total. The molecule has 7 heteroatoms. The van der Waals surface area contributed by atoms with Gasteiger partial charge in [0.1, 0.15) is 11.5 Å². The Kier molecular flexibility index (Phi) is 6.16. The van der Waals surface area contributed by atoms with Crippen molar-refractivity contribution in [3.8, 4) is 11.5 Å². The third kappa shape index (κ3) is 4.43. The Morgan fingerprint density at radius 3 is 2.50 bits per heavy atom. The number of carbonyl (C=O) groups is 2. The first-order valence-corrected chi connectivity index (χ1v) is 9.18. The van der Waals surface area contributed by atoms with E-state index in [4.69, 9.17) is 9.47 Å². The van der Waals surface area contributed by atoms with Gasteiger partial charge in [0.15, 0.2) is 6.61 Å². The minimum Gasteiger partial charge on any atom is -0.495 e. The Balaban J connectivity index is 2.00. The molecule has 3 rings (SSSR count). The molecule has 0 radical (unpaired) electrons. The largest absolute Gasteiger partial charge is 0.495 e. The predicted octanol–water partition coefficient (Wildman–Crippen LogP) is 4.42. The lowest BCUT2D eigenvalue weighted by atomic mass is 10.0. The molecule has 0 aliphatic carbocycles. The molecule has 0 fully saturated rings. The minimum absolute atomic E-state index is 0.285. The number of esters is 1. The number of halogens is 1. The molecule has 1 amide bonds. The maximum atomic E-state index is 13.0. The predicted molar refractivity (Wildman–Crippen MR) is 110 cm³/mol. The van der Waals surface area contributed by atoms with Gasteiger partial charge < -0.3 is 19.5 Å². The van der Waals surface area contributed by atoms with E-state index in [1.165, 1.54) is 14.2 Å². The second-order valence-electron chi connectivity index (χ2n) is 5.86. The van der Waals surface area contributed by atoms with Gasteiger partial charge in [0.05, 0.1) is 25.5 Å². The number of ether oxygens (including phenoxy) is 3. The van der Waals surface area contributed by atoms with Gasteiger partial charge >= 0.3 is 5.97 Å². The fourth-order valence-corrected chi connectivity index (χ4v) is 3.06. The van der Waals surface area contributed by atoms with Crippen LogP contribution in [0.15, 0.2) is 59.1 Å². The first-order valence-electron chi connectivity index (χ1n) is 8.39. The summed E-state index contributed by atoms with van der Waals surface area (Å²) < 4.78 is 16.3. The number of para-hydroxylation sites is 2. The summed E-state index contributed by atoms with van der Waals surface area (Å²) in [5.41, 5.74) is 0.823. The van der Waals surface area contributed by atoms with Crippen LogP contribution in [0.4, 0.5) is 5.69 Å². The van der Waals surface area contributed by atoms with Crippen LogP contribution in [-0.4, -0.2) is 32.7 Å². The van der Waals surface area contributed by atoms with Crippen molar-refractivity contribution in [1.29, 1.82) is 0 Å². The molecule has 0 aromatic heterocycles. The summed E-state index contributed by atoms with van der Waals surface area (Å²) in [7, 11) is 2.81. The average molecular weight is 444 g/mol. The molecule has 0 saturated heterocycles. The van der Waals surface area contributed by atoms with Gasteiger partial charge in [0.2, 0.25) is 0 Å². The van der Waals surface area contributed by atoms with Crippen LogP contribution in [0, 0.1) is 0 Å². The van der Waals surface area contributed by atoms with Crippen LogP contribution in [0.2, 0.25) is 0 Å². The molecule has 0 atom stereocenters. The van der Waals surface area contributed by atoms with Gasteiger partial charge in [-0.05, 0) is 47.2 Å². The number of carbonyl (C=O) groups excluding carboxylic acids is 2. The van der Waals surface area contributed by atoms with Crippen molar-refractivity contribution in [1.82, 2.24) is 0 Å². The van der Waals surface area contributed by atoms with Crippen molar-refractivity contribution in [3.63, 3.8) is 0 Å². The Bertz CT molecular complexity index is 1030. The third-order valence-corrected chi connectivity index (χ3v) is 4.57. The lowest BCUT2D eigenvalue weighted by molar-refractivity contribution is -0.142. The highest BCUT2D eigenvalue weighted by Crippen LogP contribution is 2.30. The average Bonchev–Trinajstić information content (AvgIpc) is 2.71. The second-order valence-corrected chi connectivity index (χ2v) is 6.77. The van der Waals surface area contributed by atoms with E-state index in [9.17, 15) is 9.59 Å². The van der Waals surface area contributed by atoms with E-state index in [0.29, 0.717) is 17.0 Å². The number of benzene rings is 3. The van der Waals surface area contributed by atoms with Crippen LogP contribution in [-0.2, 0) is 9.53 Å². The molecular formula is C21H18BrNO5. The summed E-state index contributed by atoms with van der Waals surface area (Å²) in [6.07, 6.45) is 0. The van der Waals surface area contributed by atoms with E-state index < -0.39 is 5.97 Å². The fraction of sp³-hybridized carbons (Fsp3) is 0.143. The number of fused-ring (bicyclic) bond motifs is 1. The molecule has 28 heavy (non-hydrogen) atoms.